The zero-order valence-electron chi connectivity index (χ0n) is 41.8. The summed E-state index contributed by atoms with van der Waals surface area (Å²) in [4.78, 5) is 4.90. The van der Waals surface area contributed by atoms with E-state index in [1.165, 1.54) is 44.1 Å². The van der Waals surface area contributed by atoms with Gasteiger partial charge in [0, 0.05) is 49.3 Å². The number of furan rings is 2. The monoisotopic (exact) mass is 954 g/mol. The summed E-state index contributed by atoms with van der Waals surface area (Å²) in [5.41, 5.74) is 20.7. The first-order valence-corrected chi connectivity index (χ1v) is 25.6. The third kappa shape index (κ3) is 8.50. The molecule has 4 heteroatoms. The zero-order chi connectivity index (χ0) is 50.1. The van der Waals surface area contributed by atoms with Crippen molar-refractivity contribution in [1.82, 2.24) is 4.57 Å². The molecule has 0 spiro atoms. The average molecular weight is 955 g/mol. The molecule has 0 aliphatic carbocycles. The lowest BCUT2D eigenvalue weighted by atomic mass is 9.97. The van der Waals surface area contributed by atoms with Crippen molar-refractivity contribution in [2.75, 3.05) is 0 Å². The molecule has 13 aromatic rings. The van der Waals surface area contributed by atoms with Crippen molar-refractivity contribution in [1.29, 1.82) is 0 Å². The summed E-state index contributed by atoms with van der Waals surface area (Å²) in [5, 5.41) is 6.93. The summed E-state index contributed by atoms with van der Waals surface area (Å²) in [6.45, 7) is 10.6. The zero-order valence-corrected chi connectivity index (χ0v) is 41.8. The number of benzene rings is 10. The highest BCUT2D eigenvalue weighted by molar-refractivity contribution is 6.14. The van der Waals surface area contributed by atoms with Gasteiger partial charge in [-0.05, 0) is 125 Å². The van der Waals surface area contributed by atoms with Gasteiger partial charge in [-0.1, -0.05) is 202 Å². The topological polar surface area (TPSA) is 43.6 Å². The standard InChI is InChI=1S/C51H33NO2.C19H21N/c1-31(2)38-13-9-17-49-50(38)44-30-36(24-27-48(44)53-49)35-23-26-46-43(29-35)42-28-34(22-25-45(42)52(46)37-10-4-3-5-11-37)32-18-20-33(21-19-32)39-14-8-15-41-40-12-6-7-16-47(40)54-51(39)41;1-3-11-19(17-14-9-6-10-15-17)20-18(4-2)16-12-7-5-8-13-16/h3-30H,1H2,2H3;5-15H,3-4H2,1-2H3/b;19-11+,20-18?. The maximum atomic E-state index is 6.36. The minimum atomic E-state index is 0.883. The molecule has 0 fully saturated rings. The van der Waals surface area contributed by atoms with Gasteiger partial charge in [0.2, 0.25) is 0 Å². The fraction of sp³-hybridized carbons (Fsp3) is 0.0714. The molecule has 0 atom stereocenters. The van der Waals surface area contributed by atoms with E-state index < -0.39 is 0 Å². The predicted octanol–water partition coefficient (Wildman–Crippen LogP) is 20.0. The van der Waals surface area contributed by atoms with Crippen molar-refractivity contribution in [3.63, 3.8) is 0 Å². The summed E-state index contributed by atoms with van der Waals surface area (Å²) in [6.07, 6.45) is 4.10. The number of hydrogen-bond donors (Lipinski definition) is 0. The predicted molar refractivity (Wildman–Crippen MR) is 314 cm³/mol. The van der Waals surface area contributed by atoms with E-state index in [1.54, 1.807) is 0 Å². The minimum absolute atomic E-state index is 0.883. The van der Waals surface area contributed by atoms with Gasteiger partial charge in [0.15, 0.2) is 0 Å². The molecule has 74 heavy (non-hydrogen) atoms. The van der Waals surface area contributed by atoms with Crippen molar-refractivity contribution in [2.45, 2.75) is 33.6 Å². The van der Waals surface area contributed by atoms with Gasteiger partial charge in [0.05, 0.1) is 16.7 Å². The molecule has 10 aromatic carbocycles. The molecular weight excluding hydrogens is 901 g/mol. The summed E-state index contributed by atoms with van der Waals surface area (Å²) >= 11 is 0. The highest BCUT2D eigenvalue weighted by atomic mass is 16.3. The first kappa shape index (κ1) is 45.9. The molecular formula is C70H54N2O2. The molecule has 0 N–H and O–H groups in total. The van der Waals surface area contributed by atoms with E-state index in [1.807, 2.05) is 36.4 Å². The highest BCUT2D eigenvalue weighted by Gasteiger charge is 2.18. The SMILES string of the molecule is C=C(C)c1cccc2oc3ccc(-c4ccc5c(c4)c4cc(-c6ccc(-c7cccc8c7oc7ccccc78)cc6)ccc4n5-c4ccccc4)cc3c12.CC/C=C(/N=C(CC)c1ccccc1)c1ccccc1. The Balaban J connectivity index is 0.000000235. The Morgan fingerprint density at radius 2 is 1.01 bits per heavy atom. The first-order chi connectivity index (χ1) is 36.4. The molecule has 3 heterocycles. The Kier molecular flexibility index (Phi) is 12.2. The van der Waals surface area contributed by atoms with Crippen molar-refractivity contribution in [2.24, 2.45) is 4.99 Å². The summed E-state index contributed by atoms with van der Waals surface area (Å²) in [7, 11) is 0. The maximum Gasteiger partial charge on any atom is 0.143 e. The second kappa shape index (κ2) is 19.7. The van der Waals surface area contributed by atoms with E-state index >= 15 is 0 Å². The van der Waals surface area contributed by atoms with Crippen LogP contribution in [0.1, 0.15) is 50.3 Å². The fourth-order valence-electron chi connectivity index (χ4n) is 10.6. The Hall–Kier alpha value is -9.25. The minimum Gasteiger partial charge on any atom is -0.456 e. The van der Waals surface area contributed by atoms with Crippen molar-refractivity contribution >= 4 is 82.7 Å². The van der Waals surface area contributed by atoms with E-state index in [0.29, 0.717) is 0 Å². The lowest BCUT2D eigenvalue weighted by Crippen LogP contribution is -1.99. The average Bonchev–Trinajstić information content (AvgIpc) is 4.15. The quantitative estimate of drug-likeness (QED) is 0.128. The van der Waals surface area contributed by atoms with E-state index in [2.05, 4.69) is 232 Å². The number of hydrogen-bond acceptors (Lipinski definition) is 3. The molecule has 3 aromatic heterocycles. The first-order valence-electron chi connectivity index (χ1n) is 25.6. The molecule has 0 aliphatic heterocycles. The number of aromatic nitrogens is 1. The third-order valence-corrected chi connectivity index (χ3v) is 14.2. The van der Waals surface area contributed by atoms with Gasteiger partial charge in [-0.25, -0.2) is 0 Å². The molecule has 0 saturated heterocycles. The van der Waals surface area contributed by atoms with Crippen LogP contribution >= 0.6 is 0 Å². The Labute approximate surface area is 431 Å². The molecule has 0 aliphatic rings. The van der Waals surface area contributed by atoms with Crippen molar-refractivity contribution in [3.8, 4) is 39.1 Å². The van der Waals surface area contributed by atoms with E-state index in [0.717, 1.165) is 107 Å². The van der Waals surface area contributed by atoms with Crippen LogP contribution < -0.4 is 0 Å². The maximum absolute atomic E-state index is 6.36. The molecule has 4 nitrogen and oxygen atoms in total. The van der Waals surface area contributed by atoms with Gasteiger partial charge in [0.1, 0.15) is 22.3 Å². The van der Waals surface area contributed by atoms with Crippen LogP contribution in [0.15, 0.2) is 257 Å². The highest BCUT2D eigenvalue weighted by Crippen LogP contribution is 2.41. The number of fused-ring (bicyclic) bond motifs is 9. The van der Waals surface area contributed by atoms with Gasteiger partial charge in [0.25, 0.3) is 0 Å². The van der Waals surface area contributed by atoms with Crippen molar-refractivity contribution < 1.29 is 8.83 Å². The van der Waals surface area contributed by atoms with Crippen LogP contribution in [0, 0.1) is 0 Å². The van der Waals surface area contributed by atoms with Gasteiger partial charge < -0.3 is 13.4 Å². The lowest BCUT2D eigenvalue weighted by molar-refractivity contribution is 0.669. The smallest absolute Gasteiger partial charge is 0.143 e. The van der Waals surface area contributed by atoms with Crippen LogP contribution in [0.3, 0.4) is 0 Å². The van der Waals surface area contributed by atoms with Crippen LogP contribution in [0.5, 0.6) is 0 Å². The number of para-hydroxylation sites is 3. The van der Waals surface area contributed by atoms with Crippen LogP contribution in [0.25, 0.3) is 116 Å². The van der Waals surface area contributed by atoms with Gasteiger partial charge in [-0.2, -0.15) is 0 Å². The Bertz CT molecular complexity index is 4260. The normalized spacial score (nSPS) is 12.0. The molecule has 0 radical (unpaired) electrons. The van der Waals surface area contributed by atoms with Gasteiger partial charge in [-0.3, -0.25) is 4.99 Å². The number of nitrogens with zero attached hydrogens (tertiary/aromatic N) is 2. The Morgan fingerprint density at radius 1 is 0.473 bits per heavy atom. The van der Waals surface area contributed by atoms with Crippen LogP contribution in [0.4, 0.5) is 0 Å². The molecule has 0 unspecified atom stereocenters. The van der Waals surface area contributed by atoms with E-state index in [9.17, 15) is 0 Å². The van der Waals surface area contributed by atoms with Crippen LogP contribution in [0.2, 0.25) is 0 Å². The number of allylic oxidation sites excluding steroid dienone is 2. The summed E-state index contributed by atoms with van der Waals surface area (Å²) < 4.78 is 15.0. The second-order valence-corrected chi connectivity index (χ2v) is 18.9. The summed E-state index contributed by atoms with van der Waals surface area (Å²) in [6, 6.07) is 81.4. The number of rotatable bonds is 10. The number of aliphatic imine (C=N–C) groups is 1. The van der Waals surface area contributed by atoms with E-state index in [4.69, 9.17) is 13.8 Å². The summed E-state index contributed by atoms with van der Waals surface area (Å²) in [5.74, 6) is 0. The Morgan fingerprint density at radius 3 is 1.69 bits per heavy atom. The third-order valence-electron chi connectivity index (χ3n) is 14.2. The molecule has 356 valence electrons. The van der Waals surface area contributed by atoms with Crippen molar-refractivity contribution in [3.05, 3.63) is 260 Å². The molecule has 13 rings (SSSR count). The molecule has 0 saturated carbocycles. The van der Waals surface area contributed by atoms with Crippen LogP contribution in [-0.4, -0.2) is 10.3 Å². The van der Waals surface area contributed by atoms with Gasteiger partial charge >= 0.3 is 0 Å². The largest absolute Gasteiger partial charge is 0.456 e. The van der Waals surface area contributed by atoms with E-state index in [-0.39, 0.29) is 0 Å². The molecule has 0 amide bonds. The second-order valence-electron chi connectivity index (χ2n) is 18.9. The molecule has 0 bridgehead atoms. The fourth-order valence-corrected chi connectivity index (χ4v) is 10.6. The van der Waals surface area contributed by atoms with Gasteiger partial charge in [-0.15, -0.1) is 0 Å². The van der Waals surface area contributed by atoms with Crippen LogP contribution in [-0.2, 0) is 0 Å². The lowest BCUT2D eigenvalue weighted by Gasteiger charge is -2.09.